The van der Waals surface area contributed by atoms with Gasteiger partial charge in [0.1, 0.15) is 6.07 Å². The second kappa shape index (κ2) is 6.03. The molecule has 2 aromatic carbocycles. The van der Waals surface area contributed by atoms with Gasteiger partial charge in [-0.2, -0.15) is 5.26 Å². The van der Waals surface area contributed by atoms with Gasteiger partial charge in [0.2, 0.25) is 0 Å². The van der Waals surface area contributed by atoms with Gasteiger partial charge in [-0.3, -0.25) is 4.40 Å². The van der Waals surface area contributed by atoms with Gasteiger partial charge in [0.05, 0.1) is 21.6 Å². The van der Waals surface area contributed by atoms with Crippen LogP contribution in [0.25, 0.3) is 16.7 Å². The lowest BCUT2D eigenvalue weighted by Crippen LogP contribution is -1.97. The van der Waals surface area contributed by atoms with Crippen LogP contribution < -0.4 is 0 Å². The van der Waals surface area contributed by atoms with E-state index in [0.29, 0.717) is 5.56 Å². The van der Waals surface area contributed by atoms with Gasteiger partial charge in [-0.25, -0.2) is 4.98 Å². The predicted molar refractivity (Wildman–Crippen MR) is 98.2 cm³/mol. The molecule has 4 rings (SSSR count). The van der Waals surface area contributed by atoms with Crippen LogP contribution in [0.1, 0.15) is 16.7 Å². The highest BCUT2D eigenvalue weighted by molar-refractivity contribution is 7.98. The lowest BCUT2D eigenvalue weighted by Gasteiger charge is -2.10. The van der Waals surface area contributed by atoms with Crippen LogP contribution in [0.2, 0.25) is 0 Å². The van der Waals surface area contributed by atoms with Gasteiger partial charge in [-0.15, -0.1) is 11.8 Å². The monoisotopic (exact) mass is 329 g/mol. The van der Waals surface area contributed by atoms with Crippen LogP contribution in [-0.2, 0) is 5.75 Å². The number of benzene rings is 2. The highest BCUT2D eigenvalue weighted by Gasteiger charge is 2.15. The van der Waals surface area contributed by atoms with E-state index in [0.717, 1.165) is 33.0 Å². The number of rotatable bonds is 3. The minimum absolute atomic E-state index is 0.648. The molecule has 0 aliphatic rings. The number of pyridine rings is 1. The SMILES string of the molecule is Cc1cc(SCc2ccccc2)n2c(nc3ccccc32)c1C#N. The smallest absolute Gasteiger partial charge is 0.157 e. The molecule has 0 fully saturated rings. The molecule has 4 aromatic rings. The average Bonchev–Trinajstić information content (AvgIpc) is 3.00. The van der Waals surface area contributed by atoms with E-state index in [4.69, 9.17) is 0 Å². The quantitative estimate of drug-likeness (QED) is 0.499. The molecule has 0 bridgehead atoms. The number of fused-ring (bicyclic) bond motifs is 3. The zero-order chi connectivity index (χ0) is 16.5. The van der Waals surface area contributed by atoms with Crippen molar-refractivity contribution in [1.82, 2.24) is 9.38 Å². The minimum atomic E-state index is 0.648. The van der Waals surface area contributed by atoms with Gasteiger partial charge in [0, 0.05) is 5.75 Å². The standard InChI is InChI=1S/C20H15N3S/c1-14-11-19(24-13-15-7-3-2-4-8-15)23-18-10-6-5-9-17(18)22-20(23)16(14)12-21/h2-11H,13H2,1H3. The van der Waals surface area contributed by atoms with E-state index < -0.39 is 0 Å². The van der Waals surface area contributed by atoms with Crippen molar-refractivity contribution < 1.29 is 0 Å². The molecule has 0 aliphatic carbocycles. The molecule has 0 spiro atoms. The summed E-state index contributed by atoms with van der Waals surface area (Å²) in [5, 5.41) is 10.6. The van der Waals surface area contributed by atoms with Crippen molar-refractivity contribution in [3.8, 4) is 6.07 Å². The zero-order valence-electron chi connectivity index (χ0n) is 13.2. The molecule has 0 radical (unpaired) electrons. The van der Waals surface area contributed by atoms with Crippen molar-refractivity contribution in [3.63, 3.8) is 0 Å². The Morgan fingerprint density at radius 1 is 1.08 bits per heavy atom. The maximum absolute atomic E-state index is 9.53. The molecule has 2 aromatic heterocycles. The van der Waals surface area contributed by atoms with Crippen molar-refractivity contribution >= 4 is 28.4 Å². The summed E-state index contributed by atoms with van der Waals surface area (Å²) in [6, 6.07) is 22.8. The fraction of sp³-hybridized carbons (Fsp3) is 0.100. The van der Waals surface area contributed by atoms with Crippen molar-refractivity contribution in [2.24, 2.45) is 0 Å². The largest absolute Gasteiger partial charge is 0.286 e. The minimum Gasteiger partial charge on any atom is -0.286 e. The molecule has 0 unspecified atom stereocenters. The van der Waals surface area contributed by atoms with E-state index in [1.165, 1.54) is 5.56 Å². The Labute approximate surface area is 144 Å². The molecular formula is C20H15N3S. The normalized spacial score (nSPS) is 11.0. The molecule has 3 nitrogen and oxygen atoms in total. The molecule has 24 heavy (non-hydrogen) atoms. The first-order chi connectivity index (χ1) is 11.8. The van der Waals surface area contributed by atoms with Crippen molar-refractivity contribution in [1.29, 1.82) is 5.26 Å². The Morgan fingerprint density at radius 3 is 2.62 bits per heavy atom. The van der Waals surface area contributed by atoms with Crippen molar-refractivity contribution in [2.75, 3.05) is 0 Å². The van der Waals surface area contributed by atoms with Crippen molar-refractivity contribution in [2.45, 2.75) is 17.7 Å². The number of imidazole rings is 1. The van der Waals surface area contributed by atoms with E-state index in [-0.39, 0.29) is 0 Å². The van der Waals surface area contributed by atoms with Crippen LogP contribution in [0, 0.1) is 18.3 Å². The Kier molecular flexibility index (Phi) is 3.72. The van der Waals surface area contributed by atoms with Gasteiger partial charge in [0.25, 0.3) is 0 Å². The number of hydrogen-bond acceptors (Lipinski definition) is 3. The molecule has 0 aliphatic heterocycles. The number of aryl methyl sites for hydroxylation is 1. The Balaban J connectivity index is 1.90. The third kappa shape index (κ3) is 2.44. The van der Waals surface area contributed by atoms with Gasteiger partial charge in [-0.1, -0.05) is 42.5 Å². The third-order valence-corrected chi connectivity index (χ3v) is 5.15. The van der Waals surface area contributed by atoms with E-state index in [2.05, 4.69) is 51.9 Å². The van der Waals surface area contributed by atoms with Crippen LogP contribution in [0.15, 0.2) is 65.7 Å². The Morgan fingerprint density at radius 2 is 1.83 bits per heavy atom. The van der Waals surface area contributed by atoms with Crippen molar-refractivity contribution in [3.05, 3.63) is 77.4 Å². The molecular weight excluding hydrogens is 314 g/mol. The number of aromatic nitrogens is 2. The van der Waals surface area contributed by atoms with Crippen LogP contribution in [0.3, 0.4) is 0 Å². The maximum atomic E-state index is 9.53. The Bertz CT molecular complexity index is 1070. The van der Waals surface area contributed by atoms with Gasteiger partial charge >= 0.3 is 0 Å². The maximum Gasteiger partial charge on any atom is 0.157 e. The van der Waals surface area contributed by atoms with Gasteiger partial charge in [0.15, 0.2) is 5.65 Å². The van der Waals surface area contributed by atoms with E-state index in [9.17, 15) is 5.26 Å². The first-order valence-corrected chi connectivity index (χ1v) is 8.74. The van der Waals surface area contributed by atoms with Gasteiger partial charge in [-0.05, 0) is 36.2 Å². The molecule has 0 atom stereocenters. The summed E-state index contributed by atoms with van der Waals surface area (Å²) < 4.78 is 2.11. The average molecular weight is 329 g/mol. The van der Waals surface area contributed by atoms with E-state index in [1.807, 2.05) is 31.2 Å². The summed E-state index contributed by atoms with van der Waals surface area (Å²) >= 11 is 1.77. The number of nitrogens with zero attached hydrogens (tertiary/aromatic N) is 3. The topological polar surface area (TPSA) is 41.1 Å². The van der Waals surface area contributed by atoms with Crippen LogP contribution in [-0.4, -0.2) is 9.38 Å². The third-order valence-electron chi connectivity index (χ3n) is 4.08. The molecule has 0 amide bonds. The fourth-order valence-corrected chi connectivity index (χ4v) is 3.97. The first-order valence-electron chi connectivity index (χ1n) is 7.75. The van der Waals surface area contributed by atoms with E-state index >= 15 is 0 Å². The number of nitriles is 1. The highest BCUT2D eigenvalue weighted by atomic mass is 32.2. The molecule has 0 saturated carbocycles. The summed E-state index contributed by atoms with van der Waals surface area (Å²) in [6.07, 6.45) is 0. The summed E-state index contributed by atoms with van der Waals surface area (Å²) in [7, 11) is 0. The Hall–Kier alpha value is -2.77. The predicted octanol–water partition coefficient (Wildman–Crippen LogP) is 4.96. The first kappa shape index (κ1) is 14.8. The fourth-order valence-electron chi connectivity index (χ4n) is 2.89. The summed E-state index contributed by atoms with van der Waals surface area (Å²) in [4.78, 5) is 4.69. The lowest BCUT2D eigenvalue weighted by atomic mass is 10.2. The number of hydrogen-bond donors (Lipinski definition) is 0. The molecule has 4 heteroatoms. The zero-order valence-corrected chi connectivity index (χ0v) is 14.0. The van der Waals surface area contributed by atoms with E-state index in [1.54, 1.807) is 11.8 Å². The number of para-hydroxylation sites is 2. The van der Waals surface area contributed by atoms with Crippen LogP contribution in [0.4, 0.5) is 0 Å². The highest BCUT2D eigenvalue weighted by Crippen LogP contribution is 2.30. The molecule has 2 heterocycles. The summed E-state index contributed by atoms with van der Waals surface area (Å²) in [6.45, 7) is 1.98. The molecule has 0 saturated heterocycles. The number of thioether (sulfide) groups is 1. The summed E-state index contributed by atoms with van der Waals surface area (Å²) in [5.41, 5.74) is 5.60. The summed E-state index contributed by atoms with van der Waals surface area (Å²) in [5.74, 6) is 0.883. The van der Waals surface area contributed by atoms with Crippen LogP contribution >= 0.6 is 11.8 Å². The lowest BCUT2D eigenvalue weighted by molar-refractivity contribution is 1.04. The second-order valence-corrected chi connectivity index (χ2v) is 6.68. The van der Waals surface area contributed by atoms with Crippen LogP contribution in [0.5, 0.6) is 0 Å². The second-order valence-electron chi connectivity index (χ2n) is 5.69. The molecule has 0 N–H and O–H groups in total. The molecule has 116 valence electrons. The van der Waals surface area contributed by atoms with Gasteiger partial charge < -0.3 is 0 Å².